The van der Waals surface area contributed by atoms with Crippen LogP contribution in [0.2, 0.25) is 0 Å². The molecule has 0 spiro atoms. The van der Waals surface area contributed by atoms with Gasteiger partial charge in [0.05, 0.1) is 11.5 Å². The Morgan fingerprint density at radius 1 is 1.00 bits per heavy atom. The van der Waals surface area contributed by atoms with Crippen LogP contribution in [-0.2, 0) is 4.79 Å². The van der Waals surface area contributed by atoms with E-state index in [0.717, 1.165) is 32.7 Å². The van der Waals surface area contributed by atoms with E-state index < -0.39 is 0 Å². The highest BCUT2D eigenvalue weighted by atomic mass is 32.2. The van der Waals surface area contributed by atoms with Gasteiger partial charge in [-0.25, -0.2) is 4.99 Å². The summed E-state index contributed by atoms with van der Waals surface area (Å²) in [6.45, 7) is 2.53. The van der Waals surface area contributed by atoms with Gasteiger partial charge in [-0.3, -0.25) is 4.79 Å². The first-order valence-corrected chi connectivity index (χ1v) is 9.30. The number of carbonyl (C=O) groups is 1. The lowest BCUT2D eigenvalue weighted by atomic mass is 10.0. The van der Waals surface area contributed by atoms with Gasteiger partial charge in [-0.1, -0.05) is 72.4 Å². The second kappa shape index (κ2) is 7.18. The fraction of sp³-hybridized carbons (Fsp3) is 0.0909. The van der Waals surface area contributed by atoms with E-state index in [1.165, 1.54) is 11.8 Å². The van der Waals surface area contributed by atoms with E-state index in [1.807, 2.05) is 73.7 Å². The fourth-order valence-electron chi connectivity index (χ4n) is 2.95. The molecule has 0 saturated carbocycles. The van der Waals surface area contributed by atoms with Gasteiger partial charge in [-0.2, -0.15) is 0 Å². The summed E-state index contributed by atoms with van der Waals surface area (Å²) in [6.07, 6.45) is 1.90. The van der Waals surface area contributed by atoms with Crippen LogP contribution in [0.25, 0.3) is 16.8 Å². The number of nitrogens with zero attached hydrogens (tertiary/aromatic N) is 1. The quantitative estimate of drug-likeness (QED) is 0.593. The van der Waals surface area contributed by atoms with Crippen LogP contribution in [-0.4, -0.2) is 17.6 Å². The van der Waals surface area contributed by atoms with Gasteiger partial charge < -0.3 is 4.74 Å². The van der Waals surface area contributed by atoms with Crippen molar-refractivity contribution in [1.29, 1.82) is 0 Å². The minimum atomic E-state index is -0.204. The Hall–Kier alpha value is -2.85. The summed E-state index contributed by atoms with van der Waals surface area (Å²) in [7, 11) is 0. The molecule has 0 N–H and O–H groups in total. The summed E-state index contributed by atoms with van der Waals surface area (Å²) in [5.41, 5.74) is 1.88. The number of aliphatic imine (C=N–C) groups is 1. The molecule has 4 rings (SSSR count). The van der Waals surface area contributed by atoms with Gasteiger partial charge >= 0.3 is 0 Å². The number of thioether (sulfide) groups is 1. The summed E-state index contributed by atoms with van der Waals surface area (Å²) in [5.74, 6) is 0.574. The molecule has 0 unspecified atom stereocenters. The number of hydrogen-bond acceptors (Lipinski definition) is 3. The van der Waals surface area contributed by atoms with Crippen LogP contribution >= 0.6 is 11.8 Å². The van der Waals surface area contributed by atoms with Crippen LogP contribution in [0.3, 0.4) is 0 Å². The minimum Gasteiger partial charge on any atom is -0.493 e. The maximum absolute atomic E-state index is 12.5. The third kappa shape index (κ3) is 3.16. The normalized spacial score (nSPS) is 15.5. The van der Waals surface area contributed by atoms with Crippen LogP contribution in [0.5, 0.6) is 5.75 Å². The van der Waals surface area contributed by atoms with E-state index >= 15 is 0 Å². The Morgan fingerprint density at radius 3 is 2.58 bits per heavy atom. The lowest BCUT2D eigenvalue weighted by Gasteiger charge is -2.11. The maximum Gasteiger partial charge on any atom is 0.284 e. The number of hydrogen-bond donors (Lipinski definition) is 0. The number of amides is 1. The molecule has 0 saturated heterocycles. The molecule has 0 fully saturated rings. The van der Waals surface area contributed by atoms with Crippen molar-refractivity contribution < 1.29 is 9.53 Å². The van der Waals surface area contributed by atoms with Gasteiger partial charge in [0.15, 0.2) is 0 Å². The second-order valence-corrected chi connectivity index (χ2v) is 6.86. The maximum atomic E-state index is 12.5. The Bertz CT molecular complexity index is 1040. The second-order valence-electron chi connectivity index (χ2n) is 5.83. The molecule has 3 aromatic carbocycles. The van der Waals surface area contributed by atoms with E-state index in [2.05, 4.69) is 11.1 Å². The lowest BCUT2D eigenvalue weighted by Crippen LogP contribution is -1.96. The van der Waals surface area contributed by atoms with Gasteiger partial charge in [-0.05, 0) is 29.8 Å². The molecule has 3 aromatic rings. The zero-order valence-corrected chi connectivity index (χ0v) is 15.1. The van der Waals surface area contributed by atoms with Crippen molar-refractivity contribution in [3.63, 3.8) is 0 Å². The molecule has 0 bridgehead atoms. The van der Waals surface area contributed by atoms with Crippen LogP contribution in [0, 0.1) is 0 Å². The number of fused-ring (bicyclic) bond motifs is 1. The Morgan fingerprint density at radius 2 is 1.77 bits per heavy atom. The monoisotopic (exact) mass is 359 g/mol. The molecular formula is C22H17NO2S. The highest BCUT2D eigenvalue weighted by Gasteiger charge is 2.23. The molecule has 4 heteroatoms. The van der Waals surface area contributed by atoms with Gasteiger partial charge in [0, 0.05) is 11.1 Å². The summed E-state index contributed by atoms with van der Waals surface area (Å²) in [6, 6.07) is 21.9. The molecule has 0 atom stereocenters. The smallest absolute Gasteiger partial charge is 0.284 e. The standard InChI is InChI=1S/C22H17NO2S/c1-2-25-19-13-12-15-8-6-7-11-17(15)18(19)14-20-21(24)23-22(26-20)16-9-4-3-5-10-16/h3-14H,2H2,1H3/b20-14-. The molecule has 128 valence electrons. The highest BCUT2D eigenvalue weighted by Crippen LogP contribution is 2.36. The van der Waals surface area contributed by atoms with E-state index in [9.17, 15) is 4.79 Å². The fourth-order valence-corrected chi connectivity index (χ4v) is 3.85. The average Bonchev–Trinajstić information content (AvgIpc) is 3.05. The Kier molecular flexibility index (Phi) is 4.59. The molecule has 1 amide bonds. The van der Waals surface area contributed by atoms with Gasteiger partial charge in [0.1, 0.15) is 10.8 Å². The molecule has 0 radical (unpaired) electrons. The zero-order chi connectivity index (χ0) is 17.9. The molecule has 1 heterocycles. The van der Waals surface area contributed by atoms with Gasteiger partial charge in [0.2, 0.25) is 0 Å². The van der Waals surface area contributed by atoms with Crippen LogP contribution in [0.4, 0.5) is 0 Å². The van der Waals surface area contributed by atoms with Crippen molar-refractivity contribution in [3.05, 3.63) is 82.8 Å². The molecule has 1 aliphatic heterocycles. The van der Waals surface area contributed by atoms with Crippen molar-refractivity contribution in [1.82, 2.24) is 0 Å². The molecule has 0 aromatic heterocycles. The molecule has 3 nitrogen and oxygen atoms in total. The molecule has 0 aliphatic carbocycles. The summed E-state index contributed by atoms with van der Waals surface area (Å²) in [4.78, 5) is 17.3. The number of carbonyl (C=O) groups excluding carboxylic acids is 1. The average molecular weight is 359 g/mol. The van der Waals surface area contributed by atoms with Crippen LogP contribution < -0.4 is 4.74 Å². The lowest BCUT2D eigenvalue weighted by molar-refractivity contribution is -0.113. The summed E-state index contributed by atoms with van der Waals surface area (Å²) < 4.78 is 5.80. The number of benzene rings is 3. The van der Waals surface area contributed by atoms with E-state index in [0.29, 0.717) is 11.5 Å². The third-order valence-electron chi connectivity index (χ3n) is 4.15. The third-order valence-corrected chi connectivity index (χ3v) is 5.18. The van der Waals surface area contributed by atoms with Crippen molar-refractivity contribution in [3.8, 4) is 5.75 Å². The number of ether oxygens (including phenoxy) is 1. The van der Waals surface area contributed by atoms with E-state index in [-0.39, 0.29) is 5.91 Å². The molecular weight excluding hydrogens is 342 g/mol. The van der Waals surface area contributed by atoms with Crippen molar-refractivity contribution >= 4 is 39.6 Å². The van der Waals surface area contributed by atoms with Crippen molar-refractivity contribution in [2.45, 2.75) is 6.92 Å². The SMILES string of the molecule is CCOc1ccc2ccccc2c1/C=C1\SC(c2ccccc2)=NC1=O. The predicted octanol–water partition coefficient (Wildman–Crippen LogP) is 5.30. The van der Waals surface area contributed by atoms with Crippen LogP contribution in [0.15, 0.2) is 76.6 Å². The predicted molar refractivity (Wildman–Crippen MR) is 109 cm³/mol. The first-order chi connectivity index (χ1) is 12.8. The first kappa shape index (κ1) is 16.6. The van der Waals surface area contributed by atoms with E-state index in [1.54, 1.807) is 0 Å². The van der Waals surface area contributed by atoms with E-state index in [4.69, 9.17) is 4.74 Å². The Labute approximate surface area is 156 Å². The highest BCUT2D eigenvalue weighted by molar-refractivity contribution is 8.19. The Balaban J connectivity index is 1.77. The molecule has 1 aliphatic rings. The van der Waals surface area contributed by atoms with Crippen molar-refractivity contribution in [2.24, 2.45) is 4.99 Å². The van der Waals surface area contributed by atoms with Gasteiger partial charge in [0.25, 0.3) is 5.91 Å². The number of rotatable bonds is 4. The summed E-state index contributed by atoms with van der Waals surface area (Å²) in [5, 5.41) is 2.91. The van der Waals surface area contributed by atoms with Gasteiger partial charge in [-0.15, -0.1) is 0 Å². The largest absolute Gasteiger partial charge is 0.493 e. The topological polar surface area (TPSA) is 38.7 Å². The molecule has 26 heavy (non-hydrogen) atoms. The zero-order valence-electron chi connectivity index (χ0n) is 14.3. The summed E-state index contributed by atoms with van der Waals surface area (Å²) >= 11 is 1.41. The minimum absolute atomic E-state index is 0.204. The first-order valence-electron chi connectivity index (χ1n) is 8.49. The van der Waals surface area contributed by atoms with Crippen LogP contribution in [0.1, 0.15) is 18.1 Å². The van der Waals surface area contributed by atoms with Crippen molar-refractivity contribution in [2.75, 3.05) is 6.61 Å².